The summed E-state index contributed by atoms with van der Waals surface area (Å²) in [6, 6.07) is -0.220. The molecule has 1 aliphatic heterocycles. The quantitative estimate of drug-likeness (QED) is 0.785. The van der Waals surface area contributed by atoms with E-state index in [1.54, 1.807) is 0 Å². The van der Waals surface area contributed by atoms with Gasteiger partial charge in [-0.15, -0.1) is 0 Å². The van der Waals surface area contributed by atoms with E-state index >= 15 is 0 Å². The summed E-state index contributed by atoms with van der Waals surface area (Å²) >= 11 is 1.82. The molecule has 116 valence electrons. The van der Waals surface area contributed by atoms with Crippen molar-refractivity contribution in [1.82, 2.24) is 10.2 Å². The Hall–Kier alpha value is -0.710. The first-order chi connectivity index (χ1) is 9.47. The standard InChI is InChI=1S/C15H28N2O2S/c1-6-12-13(18)16-15(7-2,8-3)14(19)17(12)11(5)10-20-9-4/h11-12H,6-10H2,1-5H3,(H,16,18). The molecule has 1 N–H and O–H groups in total. The monoisotopic (exact) mass is 300 g/mol. The van der Waals surface area contributed by atoms with Gasteiger partial charge in [0.05, 0.1) is 0 Å². The molecule has 0 radical (unpaired) electrons. The van der Waals surface area contributed by atoms with Gasteiger partial charge < -0.3 is 10.2 Å². The van der Waals surface area contributed by atoms with Gasteiger partial charge in [-0.2, -0.15) is 11.8 Å². The third-order valence-corrected chi connectivity index (χ3v) is 5.40. The highest BCUT2D eigenvalue weighted by molar-refractivity contribution is 7.99. The molecule has 0 bridgehead atoms. The fourth-order valence-electron chi connectivity index (χ4n) is 2.87. The highest BCUT2D eigenvalue weighted by atomic mass is 32.2. The number of rotatable bonds is 7. The first-order valence-corrected chi connectivity index (χ1v) is 8.85. The van der Waals surface area contributed by atoms with Crippen molar-refractivity contribution in [2.45, 2.75) is 71.5 Å². The summed E-state index contributed by atoms with van der Waals surface area (Å²) in [6.07, 6.45) is 1.96. The number of hydrogen-bond donors (Lipinski definition) is 1. The molecule has 0 saturated carbocycles. The van der Waals surface area contributed by atoms with E-state index in [1.165, 1.54) is 0 Å². The fraction of sp³-hybridized carbons (Fsp3) is 0.867. The zero-order valence-corrected chi connectivity index (χ0v) is 14.2. The lowest BCUT2D eigenvalue weighted by molar-refractivity contribution is -0.157. The van der Waals surface area contributed by atoms with Crippen molar-refractivity contribution in [3.8, 4) is 0 Å². The number of piperazine rings is 1. The van der Waals surface area contributed by atoms with Crippen LogP contribution in [0.15, 0.2) is 0 Å². The van der Waals surface area contributed by atoms with Gasteiger partial charge in [0.15, 0.2) is 0 Å². The van der Waals surface area contributed by atoms with Crippen LogP contribution in [0.25, 0.3) is 0 Å². The molecule has 1 saturated heterocycles. The molecule has 0 aromatic carbocycles. The molecular formula is C15H28N2O2S. The maximum Gasteiger partial charge on any atom is 0.249 e. The molecule has 1 aliphatic rings. The van der Waals surface area contributed by atoms with Crippen molar-refractivity contribution in [2.75, 3.05) is 11.5 Å². The summed E-state index contributed by atoms with van der Waals surface area (Å²) in [4.78, 5) is 27.2. The summed E-state index contributed by atoms with van der Waals surface area (Å²) < 4.78 is 0. The Morgan fingerprint density at radius 2 is 1.85 bits per heavy atom. The number of carbonyl (C=O) groups excluding carboxylic acids is 2. The Bertz CT molecular complexity index is 356. The molecule has 0 aromatic rings. The SMILES string of the molecule is CCSCC(C)N1C(=O)C(CC)(CC)NC(=O)C1CC. The maximum atomic E-state index is 12.9. The minimum absolute atomic E-state index is 0.00384. The van der Waals surface area contributed by atoms with Crippen LogP contribution in [0.1, 0.15) is 53.9 Å². The molecule has 0 aliphatic carbocycles. The normalized spacial score (nSPS) is 23.6. The number of carbonyl (C=O) groups is 2. The molecule has 0 spiro atoms. The lowest BCUT2D eigenvalue weighted by Gasteiger charge is -2.47. The van der Waals surface area contributed by atoms with Gasteiger partial charge in [0.1, 0.15) is 11.6 Å². The maximum absolute atomic E-state index is 12.9. The number of thioether (sulfide) groups is 1. The highest BCUT2D eigenvalue weighted by Crippen LogP contribution is 2.28. The predicted molar refractivity (Wildman–Crippen MR) is 84.8 cm³/mol. The van der Waals surface area contributed by atoms with Crippen LogP contribution in [-0.4, -0.2) is 45.8 Å². The fourth-order valence-corrected chi connectivity index (χ4v) is 3.61. The van der Waals surface area contributed by atoms with E-state index in [0.29, 0.717) is 19.3 Å². The van der Waals surface area contributed by atoms with Gasteiger partial charge in [-0.05, 0) is 31.9 Å². The van der Waals surface area contributed by atoms with Crippen molar-refractivity contribution >= 4 is 23.6 Å². The second-order valence-electron chi connectivity index (χ2n) is 5.42. The van der Waals surface area contributed by atoms with E-state index < -0.39 is 5.54 Å². The molecule has 5 heteroatoms. The largest absolute Gasteiger partial charge is 0.340 e. The minimum atomic E-state index is -0.701. The topological polar surface area (TPSA) is 49.4 Å². The number of nitrogens with one attached hydrogen (secondary N) is 1. The van der Waals surface area contributed by atoms with Crippen molar-refractivity contribution in [3.05, 3.63) is 0 Å². The molecule has 2 atom stereocenters. The number of amides is 2. The van der Waals surface area contributed by atoms with E-state index in [9.17, 15) is 9.59 Å². The van der Waals surface area contributed by atoms with Crippen LogP contribution in [0.4, 0.5) is 0 Å². The molecule has 1 heterocycles. The molecule has 0 aromatic heterocycles. The average Bonchev–Trinajstić information content (AvgIpc) is 2.46. The van der Waals surface area contributed by atoms with Gasteiger partial charge in [0, 0.05) is 11.8 Å². The first kappa shape index (κ1) is 17.3. The van der Waals surface area contributed by atoms with Gasteiger partial charge in [-0.25, -0.2) is 0 Å². The molecule has 1 rings (SSSR count). The minimum Gasteiger partial charge on any atom is -0.340 e. The zero-order valence-electron chi connectivity index (χ0n) is 13.4. The third-order valence-electron chi connectivity index (χ3n) is 4.28. The smallest absolute Gasteiger partial charge is 0.249 e. The van der Waals surface area contributed by atoms with Crippen molar-refractivity contribution in [1.29, 1.82) is 0 Å². The third kappa shape index (κ3) is 3.13. The molecule has 4 nitrogen and oxygen atoms in total. The van der Waals surface area contributed by atoms with E-state index in [1.807, 2.05) is 37.4 Å². The van der Waals surface area contributed by atoms with Gasteiger partial charge in [0.2, 0.25) is 11.8 Å². The lowest BCUT2D eigenvalue weighted by Crippen LogP contribution is -2.71. The average molecular weight is 300 g/mol. The highest BCUT2D eigenvalue weighted by Gasteiger charge is 2.49. The molecule has 1 fully saturated rings. The Kier molecular flexibility index (Phi) is 6.37. The second kappa shape index (κ2) is 7.34. The van der Waals surface area contributed by atoms with Crippen molar-refractivity contribution in [3.63, 3.8) is 0 Å². The van der Waals surface area contributed by atoms with E-state index in [4.69, 9.17) is 0 Å². The van der Waals surface area contributed by atoms with Gasteiger partial charge in [-0.3, -0.25) is 9.59 Å². The molecular weight excluding hydrogens is 272 g/mol. The number of nitrogens with zero attached hydrogens (tertiary/aromatic N) is 1. The van der Waals surface area contributed by atoms with Crippen molar-refractivity contribution < 1.29 is 9.59 Å². The number of hydrogen-bond acceptors (Lipinski definition) is 3. The van der Waals surface area contributed by atoms with Crippen LogP contribution in [0.3, 0.4) is 0 Å². The zero-order chi connectivity index (χ0) is 15.3. The summed E-state index contributed by atoms with van der Waals surface area (Å²) in [5.41, 5.74) is -0.701. The van der Waals surface area contributed by atoms with E-state index in [2.05, 4.69) is 19.2 Å². The van der Waals surface area contributed by atoms with Crippen LogP contribution in [0.5, 0.6) is 0 Å². The Morgan fingerprint density at radius 1 is 1.25 bits per heavy atom. The van der Waals surface area contributed by atoms with Crippen LogP contribution in [0.2, 0.25) is 0 Å². The second-order valence-corrected chi connectivity index (χ2v) is 6.74. The Balaban J connectivity index is 3.06. The van der Waals surface area contributed by atoms with E-state index in [-0.39, 0.29) is 23.9 Å². The predicted octanol–water partition coefficient (Wildman–Crippen LogP) is 2.42. The van der Waals surface area contributed by atoms with Gasteiger partial charge in [0.25, 0.3) is 0 Å². The van der Waals surface area contributed by atoms with Crippen LogP contribution in [0, 0.1) is 0 Å². The Morgan fingerprint density at radius 3 is 2.30 bits per heavy atom. The molecule has 2 unspecified atom stereocenters. The van der Waals surface area contributed by atoms with Gasteiger partial charge >= 0.3 is 0 Å². The lowest BCUT2D eigenvalue weighted by atomic mass is 9.86. The molecule has 20 heavy (non-hydrogen) atoms. The molecule has 2 amide bonds. The van der Waals surface area contributed by atoms with Crippen LogP contribution >= 0.6 is 11.8 Å². The Labute approximate surface area is 127 Å². The summed E-state index contributed by atoms with van der Waals surface area (Å²) in [7, 11) is 0. The summed E-state index contributed by atoms with van der Waals surface area (Å²) in [6.45, 7) is 10.1. The van der Waals surface area contributed by atoms with Crippen LogP contribution in [-0.2, 0) is 9.59 Å². The van der Waals surface area contributed by atoms with Gasteiger partial charge in [-0.1, -0.05) is 27.7 Å². The van der Waals surface area contributed by atoms with Crippen LogP contribution < -0.4 is 5.32 Å². The summed E-state index contributed by atoms with van der Waals surface area (Å²) in [5, 5.41) is 2.98. The van der Waals surface area contributed by atoms with E-state index in [0.717, 1.165) is 11.5 Å². The summed E-state index contributed by atoms with van der Waals surface area (Å²) in [5.74, 6) is 2.01. The first-order valence-electron chi connectivity index (χ1n) is 7.69. The van der Waals surface area contributed by atoms with Crippen molar-refractivity contribution in [2.24, 2.45) is 0 Å².